The van der Waals surface area contributed by atoms with Crippen molar-refractivity contribution in [1.29, 1.82) is 0 Å². The Labute approximate surface area is 149 Å². The van der Waals surface area contributed by atoms with Crippen molar-refractivity contribution in [2.75, 3.05) is 5.32 Å². The number of hydrogen-bond acceptors (Lipinski definition) is 4. The van der Waals surface area contributed by atoms with Crippen LogP contribution < -0.4 is 5.32 Å². The predicted octanol–water partition coefficient (Wildman–Crippen LogP) is 5.64. The van der Waals surface area contributed by atoms with Gasteiger partial charge >= 0.3 is 0 Å². The quantitative estimate of drug-likeness (QED) is 0.507. The van der Waals surface area contributed by atoms with Gasteiger partial charge in [0.2, 0.25) is 0 Å². The maximum absolute atomic E-state index is 12.4. The molecule has 0 aliphatic heterocycles. The number of unbranched alkanes of at least 4 members (excludes halogenated alkanes) is 1. The standard InChI is InChI=1S/C20H18N2O2S/c1-2-3-6-13-9-10-15-18(11-13)25-20(21-15)22-19(23)17-12-14-7-4-5-8-16(14)24-17/h4-5,7-12H,2-3,6H2,1H3,(H,21,22,23). The zero-order valence-corrected chi connectivity index (χ0v) is 14.7. The summed E-state index contributed by atoms with van der Waals surface area (Å²) in [7, 11) is 0. The molecule has 4 aromatic rings. The summed E-state index contributed by atoms with van der Waals surface area (Å²) in [4.78, 5) is 16.9. The third-order valence-electron chi connectivity index (χ3n) is 4.14. The molecule has 1 N–H and O–H groups in total. The van der Waals surface area contributed by atoms with Crippen LogP contribution in [0.25, 0.3) is 21.2 Å². The lowest BCUT2D eigenvalue weighted by molar-refractivity contribution is 0.0998. The third-order valence-corrected chi connectivity index (χ3v) is 5.08. The molecule has 1 amide bonds. The fourth-order valence-corrected chi connectivity index (χ4v) is 3.74. The van der Waals surface area contributed by atoms with Crippen LogP contribution in [0.5, 0.6) is 0 Å². The number of aryl methyl sites for hydroxylation is 1. The smallest absolute Gasteiger partial charge is 0.293 e. The van der Waals surface area contributed by atoms with E-state index in [0.29, 0.717) is 16.5 Å². The van der Waals surface area contributed by atoms with Gasteiger partial charge in [-0.15, -0.1) is 0 Å². The number of carbonyl (C=O) groups is 1. The van der Waals surface area contributed by atoms with Crippen LogP contribution in [-0.4, -0.2) is 10.9 Å². The summed E-state index contributed by atoms with van der Waals surface area (Å²) < 4.78 is 6.70. The predicted molar refractivity (Wildman–Crippen MR) is 102 cm³/mol. The molecule has 0 atom stereocenters. The van der Waals surface area contributed by atoms with E-state index in [1.54, 1.807) is 6.07 Å². The van der Waals surface area contributed by atoms with E-state index in [2.05, 4.69) is 29.4 Å². The highest BCUT2D eigenvalue weighted by molar-refractivity contribution is 7.22. The lowest BCUT2D eigenvalue weighted by Crippen LogP contribution is -2.10. The van der Waals surface area contributed by atoms with E-state index in [-0.39, 0.29) is 5.91 Å². The Balaban J connectivity index is 1.56. The number of thiazole rings is 1. The van der Waals surface area contributed by atoms with Gasteiger partial charge in [0.1, 0.15) is 5.58 Å². The van der Waals surface area contributed by atoms with E-state index in [4.69, 9.17) is 4.42 Å². The molecule has 4 nitrogen and oxygen atoms in total. The van der Waals surface area contributed by atoms with Crippen LogP contribution in [-0.2, 0) is 6.42 Å². The normalized spacial score (nSPS) is 11.2. The number of amides is 1. The SMILES string of the molecule is CCCCc1ccc2nc(NC(=O)c3cc4ccccc4o3)sc2c1. The number of hydrogen-bond donors (Lipinski definition) is 1. The van der Waals surface area contributed by atoms with Crippen molar-refractivity contribution in [2.24, 2.45) is 0 Å². The van der Waals surface area contributed by atoms with E-state index in [9.17, 15) is 4.79 Å². The Morgan fingerprint density at radius 2 is 2.08 bits per heavy atom. The van der Waals surface area contributed by atoms with Crippen LogP contribution >= 0.6 is 11.3 Å². The monoisotopic (exact) mass is 350 g/mol. The van der Waals surface area contributed by atoms with Crippen molar-refractivity contribution >= 4 is 43.6 Å². The van der Waals surface area contributed by atoms with Gasteiger partial charge in [-0.2, -0.15) is 0 Å². The van der Waals surface area contributed by atoms with Crippen molar-refractivity contribution in [2.45, 2.75) is 26.2 Å². The molecule has 2 aromatic carbocycles. The molecule has 0 unspecified atom stereocenters. The Kier molecular flexibility index (Phi) is 4.24. The molecule has 0 aliphatic rings. The number of aromatic nitrogens is 1. The highest BCUT2D eigenvalue weighted by atomic mass is 32.1. The second-order valence-electron chi connectivity index (χ2n) is 6.03. The Morgan fingerprint density at radius 3 is 2.92 bits per heavy atom. The van der Waals surface area contributed by atoms with Gasteiger partial charge in [0.25, 0.3) is 5.91 Å². The Morgan fingerprint density at radius 1 is 1.20 bits per heavy atom. The van der Waals surface area contributed by atoms with Gasteiger partial charge in [0.05, 0.1) is 10.2 Å². The number of furan rings is 1. The molecule has 0 spiro atoms. The van der Waals surface area contributed by atoms with Crippen LogP contribution in [0.2, 0.25) is 0 Å². The van der Waals surface area contributed by atoms with E-state index in [0.717, 1.165) is 22.0 Å². The molecular formula is C20H18N2O2S. The number of nitrogens with one attached hydrogen (secondary N) is 1. The topological polar surface area (TPSA) is 55.1 Å². The first kappa shape index (κ1) is 15.8. The van der Waals surface area contributed by atoms with Crippen LogP contribution in [0.15, 0.2) is 52.9 Å². The molecule has 0 fully saturated rings. The van der Waals surface area contributed by atoms with Crippen LogP contribution in [0.1, 0.15) is 35.9 Å². The zero-order valence-electron chi connectivity index (χ0n) is 13.9. The molecule has 0 bridgehead atoms. The minimum atomic E-state index is -0.276. The van der Waals surface area contributed by atoms with Gasteiger partial charge in [-0.25, -0.2) is 4.98 Å². The largest absolute Gasteiger partial charge is 0.451 e. The second kappa shape index (κ2) is 6.69. The molecule has 0 saturated carbocycles. The lowest BCUT2D eigenvalue weighted by Gasteiger charge is -1.98. The van der Waals surface area contributed by atoms with Crippen molar-refractivity contribution in [1.82, 2.24) is 4.98 Å². The summed E-state index contributed by atoms with van der Waals surface area (Å²) in [6.07, 6.45) is 3.44. The minimum absolute atomic E-state index is 0.276. The van der Waals surface area contributed by atoms with Crippen LogP contribution in [0.3, 0.4) is 0 Å². The molecule has 0 saturated heterocycles. The first-order valence-corrected chi connectivity index (χ1v) is 9.24. The van der Waals surface area contributed by atoms with Crippen molar-refractivity contribution in [3.05, 3.63) is 59.9 Å². The molecule has 5 heteroatoms. The molecule has 0 aliphatic carbocycles. The zero-order chi connectivity index (χ0) is 17.2. The van der Waals surface area contributed by atoms with Crippen molar-refractivity contribution in [3.63, 3.8) is 0 Å². The number of rotatable bonds is 5. The molecule has 25 heavy (non-hydrogen) atoms. The van der Waals surface area contributed by atoms with Gasteiger partial charge in [0, 0.05) is 5.39 Å². The van der Waals surface area contributed by atoms with Crippen molar-refractivity contribution in [3.8, 4) is 0 Å². The molecule has 126 valence electrons. The highest BCUT2D eigenvalue weighted by Crippen LogP contribution is 2.28. The summed E-state index contributed by atoms with van der Waals surface area (Å²) in [5, 5.41) is 4.35. The average molecular weight is 350 g/mol. The summed E-state index contributed by atoms with van der Waals surface area (Å²) in [6, 6.07) is 15.6. The summed E-state index contributed by atoms with van der Waals surface area (Å²) in [5.74, 6) is 0.0190. The average Bonchev–Trinajstić information content (AvgIpc) is 3.22. The first-order chi connectivity index (χ1) is 12.2. The van der Waals surface area contributed by atoms with Gasteiger partial charge in [-0.1, -0.05) is 48.9 Å². The minimum Gasteiger partial charge on any atom is -0.451 e. The third kappa shape index (κ3) is 3.28. The van der Waals surface area contributed by atoms with E-state index in [1.807, 2.05) is 30.3 Å². The number of benzene rings is 2. The van der Waals surface area contributed by atoms with E-state index < -0.39 is 0 Å². The maximum Gasteiger partial charge on any atom is 0.293 e. The summed E-state index contributed by atoms with van der Waals surface area (Å²) in [5.41, 5.74) is 2.93. The summed E-state index contributed by atoms with van der Waals surface area (Å²) in [6.45, 7) is 2.19. The number of fused-ring (bicyclic) bond motifs is 2. The van der Waals surface area contributed by atoms with Crippen LogP contribution in [0.4, 0.5) is 5.13 Å². The number of para-hydroxylation sites is 1. The second-order valence-corrected chi connectivity index (χ2v) is 7.06. The van der Waals surface area contributed by atoms with Gasteiger partial charge in [-0.3, -0.25) is 10.1 Å². The highest BCUT2D eigenvalue weighted by Gasteiger charge is 2.14. The lowest BCUT2D eigenvalue weighted by atomic mass is 10.1. The molecule has 4 rings (SSSR count). The van der Waals surface area contributed by atoms with E-state index in [1.165, 1.54) is 29.7 Å². The van der Waals surface area contributed by atoms with Crippen LogP contribution in [0, 0.1) is 0 Å². The summed E-state index contributed by atoms with van der Waals surface area (Å²) >= 11 is 1.49. The van der Waals surface area contributed by atoms with Crippen molar-refractivity contribution < 1.29 is 9.21 Å². The number of anilines is 1. The Bertz CT molecular complexity index is 1020. The van der Waals surface area contributed by atoms with Gasteiger partial charge < -0.3 is 4.42 Å². The fraction of sp³-hybridized carbons (Fsp3) is 0.200. The van der Waals surface area contributed by atoms with E-state index >= 15 is 0 Å². The first-order valence-electron chi connectivity index (χ1n) is 8.42. The number of carbonyl (C=O) groups excluding carboxylic acids is 1. The van der Waals surface area contributed by atoms with Gasteiger partial charge in [0.15, 0.2) is 10.9 Å². The molecule has 2 aromatic heterocycles. The van der Waals surface area contributed by atoms with Gasteiger partial charge in [-0.05, 0) is 42.7 Å². The maximum atomic E-state index is 12.4. The molecular weight excluding hydrogens is 332 g/mol. The molecule has 2 heterocycles. The molecule has 0 radical (unpaired) electrons. The fourth-order valence-electron chi connectivity index (χ4n) is 2.81. The number of nitrogens with zero attached hydrogens (tertiary/aromatic N) is 1. The Hall–Kier alpha value is -2.66.